The molecule has 0 aromatic heterocycles. The Hall–Kier alpha value is -2.42. The number of amides is 1. The van der Waals surface area contributed by atoms with Crippen LogP contribution >= 0.6 is 0 Å². The van der Waals surface area contributed by atoms with E-state index in [1.165, 1.54) is 12.1 Å². The Morgan fingerprint density at radius 1 is 1.21 bits per heavy atom. The number of hydrogen-bond donors (Lipinski definition) is 1. The highest BCUT2D eigenvalue weighted by atomic mass is 19.4. The van der Waals surface area contributed by atoms with Gasteiger partial charge in [0.05, 0.1) is 5.41 Å². The zero-order chi connectivity index (χ0) is 21.7. The second-order valence-electron chi connectivity index (χ2n) is 7.31. The van der Waals surface area contributed by atoms with Crippen molar-refractivity contribution >= 4 is 11.9 Å². The van der Waals surface area contributed by atoms with Gasteiger partial charge in [-0.1, -0.05) is 18.2 Å². The second-order valence-corrected chi connectivity index (χ2v) is 7.31. The van der Waals surface area contributed by atoms with Gasteiger partial charge in [-0.3, -0.25) is 9.69 Å². The number of aliphatic carboxylic acids is 1. The van der Waals surface area contributed by atoms with Crippen molar-refractivity contribution < 1.29 is 32.3 Å². The molecule has 5 nitrogen and oxygen atoms in total. The third-order valence-corrected chi connectivity index (χ3v) is 5.17. The van der Waals surface area contributed by atoms with E-state index in [1.807, 2.05) is 17.0 Å². The molecule has 160 valence electrons. The Morgan fingerprint density at radius 2 is 1.83 bits per heavy atom. The van der Waals surface area contributed by atoms with Crippen LogP contribution in [-0.4, -0.2) is 59.1 Å². The Morgan fingerprint density at radius 3 is 2.38 bits per heavy atom. The highest BCUT2D eigenvalue weighted by molar-refractivity contribution is 5.85. The Bertz CT molecular complexity index is 736. The second kappa shape index (κ2) is 9.39. The predicted molar refractivity (Wildman–Crippen MR) is 98.4 cm³/mol. The molecule has 1 aromatic carbocycles. The van der Waals surface area contributed by atoms with E-state index >= 15 is 0 Å². The summed E-state index contributed by atoms with van der Waals surface area (Å²) in [5.41, 5.74) is 0.897. The number of alkyl halides is 3. The fraction of sp³-hybridized carbons (Fsp3) is 0.500. The van der Waals surface area contributed by atoms with E-state index in [-0.39, 0.29) is 17.1 Å². The maximum atomic E-state index is 13.0. The van der Waals surface area contributed by atoms with E-state index in [1.54, 1.807) is 6.08 Å². The van der Waals surface area contributed by atoms with Crippen LogP contribution in [0.2, 0.25) is 0 Å². The summed E-state index contributed by atoms with van der Waals surface area (Å²) in [6.07, 6.45) is -0.302. The number of carboxylic acid groups (broad SMARTS) is 1. The van der Waals surface area contributed by atoms with Crippen LogP contribution in [0, 0.1) is 11.2 Å². The summed E-state index contributed by atoms with van der Waals surface area (Å²) in [5, 5.41) is 7.12. The molecule has 0 bridgehead atoms. The quantitative estimate of drug-likeness (QED) is 0.603. The normalized spacial score (nSPS) is 22.3. The van der Waals surface area contributed by atoms with Crippen molar-refractivity contribution in [3.05, 3.63) is 48.3 Å². The van der Waals surface area contributed by atoms with Gasteiger partial charge in [0.1, 0.15) is 5.82 Å². The van der Waals surface area contributed by atoms with Crippen molar-refractivity contribution in [3.63, 3.8) is 0 Å². The van der Waals surface area contributed by atoms with Crippen LogP contribution < -0.4 is 0 Å². The molecule has 29 heavy (non-hydrogen) atoms. The van der Waals surface area contributed by atoms with Gasteiger partial charge in [0.2, 0.25) is 5.91 Å². The molecule has 2 saturated heterocycles. The number of carbonyl (C=O) groups is 2. The number of piperidine rings is 1. The number of carbonyl (C=O) groups excluding carboxylic acids is 1. The molecule has 1 atom stereocenters. The molecule has 1 amide bonds. The van der Waals surface area contributed by atoms with E-state index in [0.717, 1.165) is 51.0 Å². The largest absolute Gasteiger partial charge is 0.490 e. The minimum Gasteiger partial charge on any atom is -0.475 e. The summed E-state index contributed by atoms with van der Waals surface area (Å²) in [5.74, 6) is -2.67. The summed E-state index contributed by atoms with van der Waals surface area (Å²) in [6.45, 7) is 7.84. The lowest BCUT2D eigenvalue weighted by molar-refractivity contribution is -0.192. The monoisotopic (exact) mass is 416 g/mol. The fourth-order valence-electron chi connectivity index (χ4n) is 3.81. The zero-order valence-corrected chi connectivity index (χ0v) is 15.9. The van der Waals surface area contributed by atoms with Gasteiger partial charge in [-0.2, -0.15) is 13.2 Å². The van der Waals surface area contributed by atoms with Crippen LogP contribution in [0.1, 0.15) is 24.8 Å². The van der Waals surface area contributed by atoms with E-state index < -0.39 is 12.1 Å². The first kappa shape index (κ1) is 22.9. The van der Waals surface area contributed by atoms with E-state index in [9.17, 15) is 22.4 Å². The highest BCUT2D eigenvalue weighted by Gasteiger charge is 2.48. The average Bonchev–Trinajstić information content (AvgIpc) is 2.93. The van der Waals surface area contributed by atoms with Gasteiger partial charge >= 0.3 is 12.1 Å². The number of carboxylic acids is 1. The molecule has 9 heteroatoms. The number of rotatable bonds is 4. The number of nitrogens with zero attached hydrogens (tertiary/aromatic N) is 2. The van der Waals surface area contributed by atoms with Crippen LogP contribution in [0.4, 0.5) is 17.6 Å². The molecule has 2 aliphatic rings. The van der Waals surface area contributed by atoms with Crippen molar-refractivity contribution in [1.82, 2.24) is 9.80 Å². The van der Waals surface area contributed by atoms with Gasteiger partial charge in [-0.05, 0) is 43.5 Å². The molecular formula is C20H24F4N2O3. The Labute approximate surface area is 166 Å². The Balaban J connectivity index is 0.000000370. The molecule has 1 aromatic rings. The topological polar surface area (TPSA) is 60.9 Å². The molecule has 2 fully saturated rings. The Kier molecular flexibility index (Phi) is 7.40. The summed E-state index contributed by atoms with van der Waals surface area (Å²) < 4.78 is 44.7. The van der Waals surface area contributed by atoms with Crippen LogP contribution in [0.5, 0.6) is 0 Å². The summed E-state index contributed by atoms with van der Waals surface area (Å²) in [4.78, 5) is 25.9. The highest BCUT2D eigenvalue weighted by Crippen LogP contribution is 2.40. The molecule has 2 aliphatic heterocycles. The van der Waals surface area contributed by atoms with Crippen molar-refractivity contribution in [2.24, 2.45) is 5.41 Å². The van der Waals surface area contributed by atoms with Gasteiger partial charge < -0.3 is 10.0 Å². The van der Waals surface area contributed by atoms with Crippen LogP contribution in [0.3, 0.4) is 0 Å². The number of hydrogen-bond acceptors (Lipinski definition) is 3. The zero-order valence-electron chi connectivity index (χ0n) is 15.9. The van der Waals surface area contributed by atoms with Crippen LogP contribution in [-0.2, 0) is 16.1 Å². The molecule has 2 heterocycles. The van der Waals surface area contributed by atoms with Crippen LogP contribution in [0.25, 0.3) is 0 Å². The minimum absolute atomic E-state index is 0.204. The van der Waals surface area contributed by atoms with Crippen molar-refractivity contribution in [1.29, 1.82) is 0 Å². The third kappa shape index (κ3) is 6.03. The lowest BCUT2D eigenvalue weighted by Gasteiger charge is -2.39. The standard InChI is InChI=1S/C18H23FN2O.C2HF3O2/c1-2-10-21-12-9-18(17(21)22)8-3-11-20(14-18)13-15-4-6-16(19)7-5-15;3-2(4,5)1(6)7/h2,4-7H,1,3,8-14H2;(H,6,7). The number of halogens is 4. The first-order valence-electron chi connectivity index (χ1n) is 9.24. The third-order valence-electron chi connectivity index (χ3n) is 5.17. The van der Waals surface area contributed by atoms with Crippen molar-refractivity contribution in [2.45, 2.75) is 32.0 Å². The molecule has 0 aliphatic carbocycles. The van der Waals surface area contributed by atoms with E-state index in [4.69, 9.17) is 9.90 Å². The summed E-state index contributed by atoms with van der Waals surface area (Å²) in [7, 11) is 0. The van der Waals surface area contributed by atoms with Gasteiger partial charge in [0, 0.05) is 26.2 Å². The van der Waals surface area contributed by atoms with Crippen LogP contribution in [0.15, 0.2) is 36.9 Å². The van der Waals surface area contributed by atoms with E-state index in [0.29, 0.717) is 6.54 Å². The van der Waals surface area contributed by atoms with Gasteiger partial charge in [0.25, 0.3) is 0 Å². The number of benzene rings is 1. The molecule has 0 saturated carbocycles. The smallest absolute Gasteiger partial charge is 0.475 e. The lowest BCUT2D eigenvalue weighted by Crippen LogP contribution is -2.47. The predicted octanol–water partition coefficient (Wildman–Crippen LogP) is 3.46. The minimum atomic E-state index is -5.08. The summed E-state index contributed by atoms with van der Waals surface area (Å²) in [6, 6.07) is 6.66. The van der Waals surface area contributed by atoms with Gasteiger partial charge in [-0.25, -0.2) is 9.18 Å². The summed E-state index contributed by atoms with van der Waals surface area (Å²) >= 11 is 0. The SMILES string of the molecule is C=CCN1CCC2(CCCN(Cc3ccc(F)cc3)C2)C1=O.O=C(O)C(F)(F)F. The lowest BCUT2D eigenvalue weighted by atomic mass is 9.78. The fourth-order valence-corrected chi connectivity index (χ4v) is 3.81. The molecule has 1 N–H and O–H groups in total. The maximum absolute atomic E-state index is 13.0. The van der Waals surface area contributed by atoms with Crippen molar-refractivity contribution in [2.75, 3.05) is 26.2 Å². The first-order valence-corrected chi connectivity index (χ1v) is 9.24. The molecule has 1 unspecified atom stereocenters. The van der Waals surface area contributed by atoms with E-state index in [2.05, 4.69) is 11.5 Å². The maximum Gasteiger partial charge on any atom is 0.490 e. The first-order chi connectivity index (χ1) is 13.6. The molecule has 0 radical (unpaired) electrons. The van der Waals surface area contributed by atoms with Gasteiger partial charge in [-0.15, -0.1) is 6.58 Å². The molecular weight excluding hydrogens is 392 g/mol. The van der Waals surface area contributed by atoms with Crippen molar-refractivity contribution in [3.8, 4) is 0 Å². The van der Waals surface area contributed by atoms with Gasteiger partial charge in [0.15, 0.2) is 0 Å². The molecule has 1 spiro atoms. The number of likely N-dealkylation sites (tertiary alicyclic amines) is 2. The molecule has 3 rings (SSSR count). The average molecular weight is 416 g/mol.